The largest absolute Gasteiger partial charge is 0.456 e. The number of carbonyl (C=O) groups excluding carboxylic acids is 3. The number of nitrogens with zero attached hydrogens (tertiary/aromatic N) is 6. The number of likely N-dealkylation sites (tertiary alicyclic amines) is 1. The number of aryl methyl sites for hydroxylation is 1. The van der Waals surface area contributed by atoms with Gasteiger partial charge >= 0.3 is 0 Å². The minimum Gasteiger partial charge on any atom is -0.456 e. The molecular weight excluding hydrogens is 550 g/mol. The van der Waals surface area contributed by atoms with Gasteiger partial charge < -0.3 is 33.9 Å². The molecule has 0 saturated carbocycles. The lowest BCUT2D eigenvalue weighted by Crippen LogP contribution is -2.49. The molecule has 216 valence electrons. The Morgan fingerprint density at radius 1 is 1.20 bits per heavy atom. The van der Waals surface area contributed by atoms with E-state index in [0.717, 1.165) is 5.56 Å². The van der Waals surface area contributed by atoms with Crippen molar-refractivity contribution in [2.24, 2.45) is 7.05 Å². The summed E-state index contributed by atoms with van der Waals surface area (Å²) in [7, 11) is 3.34. The molecule has 0 unspecified atom stereocenters. The van der Waals surface area contributed by atoms with Crippen LogP contribution in [0.2, 0.25) is 0 Å². The fourth-order valence-corrected chi connectivity index (χ4v) is 5.39. The number of hydrogen-bond donors (Lipinski definition) is 1. The molecule has 3 aromatic rings. The van der Waals surface area contributed by atoms with Gasteiger partial charge in [-0.3, -0.25) is 19.4 Å². The van der Waals surface area contributed by atoms with Crippen LogP contribution in [0.15, 0.2) is 54.2 Å². The molecule has 0 aliphatic carbocycles. The average molecular weight is 582 g/mol. The molecule has 1 aromatic carbocycles. The van der Waals surface area contributed by atoms with Crippen LogP contribution in [0.25, 0.3) is 0 Å². The van der Waals surface area contributed by atoms with E-state index in [2.05, 4.69) is 20.5 Å². The van der Waals surface area contributed by atoms with Crippen molar-refractivity contribution in [3.8, 4) is 11.5 Å². The Kier molecular flexibility index (Phi) is 9.11. The predicted molar refractivity (Wildman–Crippen MR) is 147 cm³/mol. The maximum atomic E-state index is 13.4. The Morgan fingerprint density at radius 2 is 2.07 bits per heavy atom. The van der Waals surface area contributed by atoms with E-state index in [4.69, 9.17) is 14.2 Å². The Morgan fingerprint density at radius 3 is 2.88 bits per heavy atom. The molecule has 1 saturated heterocycles. The topological polar surface area (TPSA) is 141 Å². The zero-order valence-electron chi connectivity index (χ0n) is 22.8. The highest BCUT2D eigenvalue weighted by Gasteiger charge is 2.37. The maximum absolute atomic E-state index is 13.4. The van der Waals surface area contributed by atoms with E-state index in [1.165, 1.54) is 36.2 Å². The summed E-state index contributed by atoms with van der Waals surface area (Å²) in [5.74, 6) is 0.271. The molecule has 1 N–H and O–H groups in total. The van der Waals surface area contributed by atoms with Crippen molar-refractivity contribution in [1.82, 2.24) is 34.9 Å². The molecule has 5 rings (SSSR count). The number of aromatic nitrogens is 4. The number of pyridine rings is 1. The Bertz CT molecular complexity index is 1400. The van der Waals surface area contributed by atoms with Gasteiger partial charge in [-0.15, -0.1) is 10.2 Å². The van der Waals surface area contributed by atoms with Gasteiger partial charge in [0.2, 0.25) is 11.8 Å². The summed E-state index contributed by atoms with van der Waals surface area (Å²) in [6.45, 7) is 1.07. The molecule has 0 radical (unpaired) electrons. The van der Waals surface area contributed by atoms with Crippen LogP contribution in [0.3, 0.4) is 0 Å². The number of carbonyl (C=O) groups is 3. The van der Waals surface area contributed by atoms with E-state index in [-0.39, 0.29) is 61.9 Å². The van der Waals surface area contributed by atoms with Crippen LogP contribution in [-0.2, 0) is 32.7 Å². The molecule has 3 amide bonds. The highest BCUT2D eigenvalue weighted by molar-refractivity contribution is 7.99. The van der Waals surface area contributed by atoms with E-state index in [9.17, 15) is 14.4 Å². The molecule has 4 heterocycles. The molecule has 2 atom stereocenters. The molecule has 13 nitrogen and oxygen atoms in total. The number of fused-ring (bicyclic) bond motifs is 5. The normalized spacial score (nSPS) is 19.5. The second kappa shape index (κ2) is 13.1. The summed E-state index contributed by atoms with van der Waals surface area (Å²) >= 11 is 1.29. The summed E-state index contributed by atoms with van der Waals surface area (Å²) in [6.07, 6.45) is 4.08. The van der Waals surface area contributed by atoms with Crippen molar-refractivity contribution >= 4 is 29.5 Å². The third-order valence-electron chi connectivity index (χ3n) is 6.71. The van der Waals surface area contributed by atoms with E-state index in [1.807, 2.05) is 25.2 Å². The van der Waals surface area contributed by atoms with Gasteiger partial charge in [0.1, 0.15) is 17.8 Å². The van der Waals surface area contributed by atoms with Crippen molar-refractivity contribution in [3.05, 3.63) is 60.2 Å². The standard InChI is InChI=1S/C27H31N7O6S/c1-32-17-29-31-27(32)41-16-25(36)34-12-22-23(13-34)39-15-18-4-3-5-20(8-18)40-21-9-19(10-28-11-21)26(37)33(6-7-38-2)14-24(35)30-22/h3-5,8-11,17,22-23H,6-7,12-16H2,1-2H3,(H,30,35)/t22-,23-/m0/s1. The zero-order chi connectivity index (χ0) is 28.8. The van der Waals surface area contributed by atoms with E-state index in [1.54, 1.807) is 27.9 Å². The first-order valence-electron chi connectivity index (χ1n) is 13.0. The van der Waals surface area contributed by atoms with Gasteiger partial charge in [-0.2, -0.15) is 0 Å². The first kappa shape index (κ1) is 28.5. The first-order valence-corrected chi connectivity index (χ1v) is 14.0. The Balaban J connectivity index is 1.37. The van der Waals surface area contributed by atoms with Crippen molar-refractivity contribution in [2.75, 3.05) is 45.6 Å². The van der Waals surface area contributed by atoms with Crippen LogP contribution in [0.4, 0.5) is 0 Å². The van der Waals surface area contributed by atoms with Gasteiger partial charge in [0.25, 0.3) is 5.91 Å². The SMILES string of the molecule is COCCN1CC(=O)N[C@H]2CN(C(=O)CSc3nncn3C)C[C@@H]2OCc2cccc(c2)Oc2cncc(c2)C1=O. The highest BCUT2D eigenvalue weighted by atomic mass is 32.2. The van der Waals surface area contributed by atoms with Crippen LogP contribution in [0.5, 0.6) is 11.5 Å². The molecule has 4 bridgehead atoms. The summed E-state index contributed by atoms with van der Waals surface area (Å²) in [6, 6.07) is 8.53. The molecule has 2 aliphatic heterocycles. The highest BCUT2D eigenvalue weighted by Crippen LogP contribution is 2.25. The van der Waals surface area contributed by atoms with Crippen molar-refractivity contribution in [2.45, 2.75) is 23.9 Å². The van der Waals surface area contributed by atoms with Gasteiger partial charge in [-0.1, -0.05) is 23.9 Å². The fourth-order valence-electron chi connectivity index (χ4n) is 4.60. The van der Waals surface area contributed by atoms with Gasteiger partial charge in [-0.25, -0.2) is 0 Å². The number of amides is 3. The number of benzene rings is 1. The molecule has 1 fully saturated rings. The number of methoxy groups -OCH3 is 1. The van der Waals surface area contributed by atoms with E-state index >= 15 is 0 Å². The number of nitrogens with one attached hydrogen (secondary N) is 1. The van der Waals surface area contributed by atoms with Crippen molar-refractivity contribution < 1.29 is 28.6 Å². The van der Waals surface area contributed by atoms with Crippen LogP contribution >= 0.6 is 11.8 Å². The Hall–Kier alpha value is -4.01. The van der Waals surface area contributed by atoms with E-state index < -0.39 is 12.1 Å². The third kappa shape index (κ3) is 7.20. The second-order valence-corrected chi connectivity index (χ2v) is 10.7. The second-order valence-electron chi connectivity index (χ2n) is 9.71. The third-order valence-corrected chi connectivity index (χ3v) is 7.72. The summed E-state index contributed by atoms with van der Waals surface area (Å²) in [5, 5.41) is 11.5. The monoisotopic (exact) mass is 581 g/mol. The van der Waals surface area contributed by atoms with E-state index in [0.29, 0.717) is 23.2 Å². The van der Waals surface area contributed by atoms with Gasteiger partial charge in [0.15, 0.2) is 5.16 Å². The quantitative estimate of drug-likeness (QED) is 0.421. The van der Waals surface area contributed by atoms with Crippen LogP contribution in [0.1, 0.15) is 15.9 Å². The Labute approximate surface area is 241 Å². The molecule has 2 aromatic heterocycles. The molecule has 14 heteroatoms. The fraction of sp³-hybridized carbons (Fsp3) is 0.407. The smallest absolute Gasteiger partial charge is 0.256 e. The maximum Gasteiger partial charge on any atom is 0.256 e. The summed E-state index contributed by atoms with van der Waals surface area (Å²) in [4.78, 5) is 47.0. The van der Waals surface area contributed by atoms with Crippen LogP contribution in [0, 0.1) is 0 Å². The van der Waals surface area contributed by atoms with Gasteiger partial charge in [0.05, 0.1) is 49.4 Å². The lowest BCUT2D eigenvalue weighted by atomic mass is 10.2. The minimum atomic E-state index is -0.469. The number of ether oxygens (including phenoxy) is 3. The van der Waals surface area contributed by atoms with Gasteiger partial charge in [0, 0.05) is 40.0 Å². The lowest BCUT2D eigenvalue weighted by molar-refractivity contribution is -0.128. The summed E-state index contributed by atoms with van der Waals surface area (Å²) in [5.41, 5.74) is 1.14. The summed E-state index contributed by atoms with van der Waals surface area (Å²) < 4.78 is 19.2. The van der Waals surface area contributed by atoms with Crippen LogP contribution in [-0.4, -0.2) is 105 Å². The molecule has 41 heavy (non-hydrogen) atoms. The molecule has 0 spiro atoms. The molecule has 2 aliphatic rings. The lowest BCUT2D eigenvalue weighted by Gasteiger charge is -2.25. The number of rotatable bonds is 6. The first-order chi connectivity index (χ1) is 19.9. The van der Waals surface area contributed by atoms with Crippen molar-refractivity contribution in [1.29, 1.82) is 0 Å². The average Bonchev–Trinajstić information content (AvgIpc) is 3.57. The number of thioether (sulfide) groups is 1. The minimum absolute atomic E-state index is 0.103. The zero-order valence-corrected chi connectivity index (χ0v) is 23.6. The predicted octanol–water partition coefficient (Wildman–Crippen LogP) is 1.11. The van der Waals surface area contributed by atoms with Crippen molar-refractivity contribution in [3.63, 3.8) is 0 Å². The number of hydrogen-bond acceptors (Lipinski definition) is 10. The van der Waals surface area contributed by atoms with Gasteiger partial charge in [-0.05, 0) is 23.8 Å². The van der Waals surface area contributed by atoms with Crippen LogP contribution < -0.4 is 10.1 Å². The molecular formula is C27H31N7O6S.